The summed E-state index contributed by atoms with van der Waals surface area (Å²) in [5.74, 6) is 1.21. The molecular formula is C11H10ClN5OS. The summed E-state index contributed by atoms with van der Waals surface area (Å²) in [4.78, 5) is 11.5. The Morgan fingerprint density at radius 1 is 1.53 bits per heavy atom. The Hall–Kier alpha value is -1.73. The number of nitrogens with zero attached hydrogens (tertiary/aromatic N) is 4. The van der Waals surface area contributed by atoms with Crippen molar-refractivity contribution in [1.82, 2.24) is 24.7 Å². The Bertz CT molecular complexity index is 790. The van der Waals surface area contributed by atoms with E-state index in [2.05, 4.69) is 20.1 Å². The number of aromatic amines is 1. The lowest BCUT2D eigenvalue weighted by molar-refractivity contribution is 0.386. The normalized spacial score (nSPS) is 11.3. The van der Waals surface area contributed by atoms with Crippen molar-refractivity contribution >= 4 is 35.0 Å². The Morgan fingerprint density at radius 3 is 3.11 bits per heavy atom. The zero-order valence-corrected chi connectivity index (χ0v) is 11.6. The first kappa shape index (κ1) is 12.3. The Morgan fingerprint density at radius 2 is 2.37 bits per heavy atom. The van der Waals surface area contributed by atoms with Gasteiger partial charge in [-0.25, -0.2) is 4.98 Å². The number of halogens is 1. The fraction of sp³-hybridized carbons (Fsp3) is 0.273. The van der Waals surface area contributed by atoms with E-state index in [4.69, 9.17) is 28.3 Å². The fourth-order valence-corrected chi connectivity index (χ4v) is 2.33. The van der Waals surface area contributed by atoms with Crippen LogP contribution in [0.3, 0.4) is 0 Å². The van der Waals surface area contributed by atoms with Crippen LogP contribution in [0, 0.1) is 11.7 Å². The molecule has 0 spiro atoms. The molecule has 0 unspecified atom stereocenters. The molecule has 0 saturated carbocycles. The maximum atomic E-state index is 5.90. The minimum Gasteiger partial charge on any atom is -0.340 e. The summed E-state index contributed by atoms with van der Waals surface area (Å²) in [5, 5.41) is 4.43. The van der Waals surface area contributed by atoms with Gasteiger partial charge >= 0.3 is 0 Å². The maximum Gasteiger partial charge on any atom is 0.223 e. The topological polar surface area (TPSA) is 72.5 Å². The third-order valence-corrected chi connectivity index (χ3v) is 3.23. The van der Waals surface area contributed by atoms with E-state index in [1.807, 2.05) is 4.57 Å². The minimum absolute atomic E-state index is 0.558. The lowest BCUT2D eigenvalue weighted by Crippen LogP contribution is -2.03. The van der Waals surface area contributed by atoms with Gasteiger partial charge in [-0.1, -0.05) is 16.8 Å². The number of rotatable bonds is 3. The van der Waals surface area contributed by atoms with Crippen molar-refractivity contribution in [1.29, 1.82) is 0 Å². The van der Waals surface area contributed by atoms with Gasteiger partial charge in [0.15, 0.2) is 16.2 Å². The Kier molecular flexibility index (Phi) is 3.08. The van der Waals surface area contributed by atoms with E-state index in [9.17, 15) is 0 Å². The SMILES string of the molecule is Cc1nc(CCn2c(=S)[nH]c3cc(Cl)cnc32)no1. The van der Waals surface area contributed by atoms with Gasteiger partial charge in [0.05, 0.1) is 10.5 Å². The molecule has 0 aliphatic carbocycles. The summed E-state index contributed by atoms with van der Waals surface area (Å²) >= 11 is 11.2. The van der Waals surface area contributed by atoms with Crippen LogP contribution in [0.4, 0.5) is 0 Å². The van der Waals surface area contributed by atoms with Crippen LogP contribution in [0.2, 0.25) is 5.02 Å². The highest BCUT2D eigenvalue weighted by Crippen LogP contribution is 2.16. The summed E-state index contributed by atoms with van der Waals surface area (Å²) in [7, 11) is 0. The van der Waals surface area contributed by atoms with Gasteiger partial charge in [0.1, 0.15) is 0 Å². The first-order chi connectivity index (χ1) is 9.13. The predicted molar refractivity (Wildman–Crippen MR) is 72.7 cm³/mol. The van der Waals surface area contributed by atoms with Crippen molar-refractivity contribution in [2.75, 3.05) is 0 Å². The Labute approximate surface area is 118 Å². The molecule has 19 heavy (non-hydrogen) atoms. The van der Waals surface area contributed by atoms with Gasteiger partial charge in [-0.3, -0.25) is 0 Å². The van der Waals surface area contributed by atoms with Gasteiger partial charge in [0.2, 0.25) is 5.89 Å². The monoisotopic (exact) mass is 295 g/mol. The molecule has 0 radical (unpaired) electrons. The molecule has 0 fully saturated rings. The van der Waals surface area contributed by atoms with Crippen LogP contribution in [0.1, 0.15) is 11.7 Å². The van der Waals surface area contributed by atoms with E-state index in [0.717, 1.165) is 11.2 Å². The van der Waals surface area contributed by atoms with Gasteiger partial charge in [0.25, 0.3) is 0 Å². The van der Waals surface area contributed by atoms with E-state index >= 15 is 0 Å². The molecule has 0 saturated heterocycles. The zero-order chi connectivity index (χ0) is 13.4. The average molecular weight is 296 g/mol. The van der Waals surface area contributed by atoms with Crippen molar-refractivity contribution < 1.29 is 4.52 Å². The second kappa shape index (κ2) is 4.75. The van der Waals surface area contributed by atoms with Crippen molar-refractivity contribution in [3.8, 4) is 0 Å². The maximum absolute atomic E-state index is 5.90. The predicted octanol–water partition coefficient (Wildman–Crippen LogP) is 2.68. The number of H-pyrrole nitrogens is 1. The van der Waals surface area contributed by atoms with Gasteiger partial charge < -0.3 is 14.1 Å². The van der Waals surface area contributed by atoms with E-state index in [-0.39, 0.29) is 0 Å². The molecule has 3 aromatic rings. The number of aromatic nitrogens is 5. The molecule has 3 rings (SSSR count). The largest absolute Gasteiger partial charge is 0.340 e. The van der Waals surface area contributed by atoms with Crippen LogP contribution in [0.15, 0.2) is 16.8 Å². The molecule has 0 aliphatic heterocycles. The van der Waals surface area contributed by atoms with E-state index < -0.39 is 0 Å². The van der Waals surface area contributed by atoms with E-state index in [1.165, 1.54) is 0 Å². The molecule has 3 aromatic heterocycles. The van der Waals surface area contributed by atoms with Crippen LogP contribution in [0.25, 0.3) is 11.2 Å². The van der Waals surface area contributed by atoms with Crippen LogP contribution >= 0.6 is 23.8 Å². The summed E-state index contributed by atoms with van der Waals surface area (Å²) in [6.45, 7) is 2.39. The molecule has 1 N–H and O–H groups in total. The molecule has 98 valence electrons. The number of imidazole rings is 1. The number of pyridine rings is 1. The molecule has 0 aromatic carbocycles. The van der Waals surface area contributed by atoms with Gasteiger partial charge in [-0.2, -0.15) is 4.98 Å². The van der Waals surface area contributed by atoms with Gasteiger partial charge in [0, 0.05) is 26.1 Å². The second-order valence-electron chi connectivity index (χ2n) is 4.09. The van der Waals surface area contributed by atoms with Crippen molar-refractivity contribution in [2.24, 2.45) is 0 Å². The highest BCUT2D eigenvalue weighted by Gasteiger charge is 2.08. The lowest BCUT2D eigenvalue weighted by Gasteiger charge is -2.00. The number of hydrogen-bond acceptors (Lipinski definition) is 5. The zero-order valence-electron chi connectivity index (χ0n) is 10.1. The number of aryl methyl sites for hydroxylation is 3. The summed E-state index contributed by atoms with van der Waals surface area (Å²) in [5.41, 5.74) is 1.59. The van der Waals surface area contributed by atoms with Crippen molar-refractivity contribution in [2.45, 2.75) is 19.9 Å². The van der Waals surface area contributed by atoms with Gasteiger partial charge in [-0.05, 0) is 18.3 Å². The molecule has 3 heterocycles. The molecular weight excluding hydrogens is 286 g/mol. The quantitative estimate of drug-likeness (QED) is 0.752. The Balaban J connectivity index is 1.92. The number of fused-ring (bicyclic) bond motifs is 1. The van der Waals surface area contributed by atoms with Crippen LogP contribution in [-0.2, 0) is 13.0 Å². The number of hydrogen-bond donors (Lipinski definition) is 1. The summed E-state index contributed by atoms with van der Waals surface area (Å²) in [6.07, 6.45) is 2.23. The molecule has 0 amide bonds. The van der Waals surface area contributed by atoms with Crippen LogP contribution in [0.5, 0.6) is 0 Å². The second-order valence-corrected chi connectivity index (χ2v) is 4.91. The van der Waals surface area contributed by atoms with Crippen molar-refractivity contribution in [3.05, 3.63) is 33.8 Å². The first-order valence-electron chi connectivity index (χ1n) is 5.67. The third kappa shape index (κ3) is 2.39. The van der Waals surface area contributed by atoms with E-state index in [1.54, 1.807) is 19.2 Å². The third-order valence-electron chi connectivity index (χ3n) is 2.70. The number of nitrogens with one attached hydrogen (secondary N) is 1. The first-order valence-corrected chi connectivity index (χ1v) is 6.45. The van der Waals surface area contributed by atoms with Crippen LogP contribution < -0.4 is 0 Å². The molecule has 0 atom stereocenters. The van der Waals surface area contributed by atoms with Crippen molar-refractivity contribution in [3.63, 3.8) is 0 Å². The lowest BCUT2D eigenvalue weighted by atomic mass is 10.4. The summed E-state index contributed by atoms with van der Waals surface area (Å²) in [6, 6.07) is 1.80. The molecule has 0 bridgehead atoms. The highest BCUT2D eigenvalue weighted by atomic mass is 35.5. The molecule has 6 nitrogen and oxygen atoms in total. The van der Waals surface area contributed by atoms with Crippen LogP contribution in [-0.4, -0.2) is 24.7 Å². The van der Waals surface area contributed by atoms with Gasteiger partial charge in [-0.15, -0.1) is 0 Å². The summed E-state index contributed by atoms with van der Waals surface area (Å²) < 4.78 is 7.43. The fourth-order valence-electron chi connectivity index (χ4n) is 1.88. The standard InChI is InChI=1S/C11H10ClN5OS/c1-6-14-9(16-18-6)2-3-17-10-8(15-11(17)19)4-7(12)5-13-10/h4-5H,2-3H2,1H3,(H,15,19). The minimum atomic E-state index is 0.558. The smallest absolute Gasteiger partial charge is 0.223 e. The van der Waals surface area contributed by atoms with E-state index in [0.29, 0.717) is 34.5 Å². The highest BCUT2D eigenvalue weighted by molar-refractivity contribution is 7.71. The molecule has 0 aliphatic rings. The average Bonchev–Trinajstić information content (AvgIpc) is 2.89. The molecule has 8 heteroatoms.